The molecule has 0 amide bonds. The van der Waals surface area contributed by atoms with E-state index in [1.54, 1.807) is 0 Å². The number of rotatable bonds is 1. The quantitative estimate of drug-likeness (QED) is 0.207. The Morgan fingerprint density at radius 2 is 1.54 bits per heavy atom. The number of aromatic nitrogens is 2. The maximum atomic E-state index is 4.64. The number of hydrogen-bond donors (Lipinski definition) is 0. The van der Waals surface area contributed by atoms with Crippen molar-refractivity contribution in [2.75, 3.05) is 0 Å². The molecule has 2 aromatic heterocycles. The third-order valence-electron chi connectivity index (χ3n) is 5.03. The SMILES string of the molecule is Cc1ccccc1-c1cc[c-]c2c1c1ccccc1c1c(C)cnn21.[Ir]. The van der Waals surface area contributed by atoms with Crippen molar-refractivity contribution >= 4 is 27.2 Å². The molecule has 5 aromatic rings. The van der Waals surface area contributed by atoms with E-state index < -0.39 is 0 Å². The molecule has 0 fully saturated rings. The average molecular weight is 514 g/mol. The second-order valence-corrected chi connectivity index (χ2v) is 6.56. The summed E-state index contributed by atoms with van der Waals surface area (Å²) in [6.45, 7) is 4.28. The van der Waals surface area contributed by atoms with E-state index in [0.29, 0.717) is 0 Å². The van der Waals surface area contributed by atoms with E-state index in [9.17, 15) is 0 Å². The summed E-state index contributed by atoms with van der Waals surface area (Å²) in [6.07, 6.45) is 1.94. The van der Waals surface area contributed by atoms with Gasteiger partial charge in [0.15, 0.2) is 0 Å². The van der Waals surface area contributed by atoms with Crippen LogP contribution in [0, 0.1) is 19.9 Å². The second-order valence-electron chi connectivity index (χ2n) is 6.56. The van der Waals surface area contributed by atoms with Crippen molar-refractivity contribution in [2.45, 2.75) is 13.8 Å². The Labute approximate surface area is 165 Å². The summed E-state index contributed by atoms with van der Waals surface area (Å²) >= 11 is 0. The van der Waals surface area contributed by atoms with Crippen LogP contribution in [0.3, 0.4) is 0 Å². The zero-order chi connectivity index (χ0) is 17.0. The number of fused-ring (bicyclic) bond motifs is 6. The van der Waals surface area contributed by atoms with E-state index in [2.05, 4.69) is 79.6 Å². The number of aryl methyl sites for hydroxylation is 2. The van der Waals surface area contributed by atoms with Crippen molar-refractivity contribution in [1.29, 1.82) is 0 Å². The monoisotopic (exact) mass is 514 g/mol. The number of hydrogen-bond acceptors (Lipinski definition) is 1. The third-order valence-corrected chi connectivity index (χ3v) is 5.03. The predicted octanol–water partition coefficient (Wildman–Crippen LogP) is 5.72. The van der Waals surface area contributed by atoms with Crippen molar-refractivity contribution in [3.05, 3.63) is 84.1 Å². The van der Waals surface area contributed by atoms with Crippen LogP contribution in [-0.2, 0) is 20.1 Å². The topological polar surface area (TPSA) is 17.3 Å². The zero-order valence-electron chi connectivity index (χ0n) is 14.6. The van der Waals surface area contributed by atoms with Gasteiger partial charge in [-0.2, -0.15) is 23.3 Å². The van der Waals surface area contributed by atoms with Crippen LogP contribution in [0.15, 0.2) is 66.9 Å². The second kappa shape index (κ2) is 6.35. The molecular formula is C23H17IrN2-. The Hall–Kier alpha value is -2.48. The van der Waals surface area contributed by atoms with Crippen molar-refractivity contribution in [3.8, 4) is 11.1 Å². The molecule has 26 heavy (non-hydrogen) atoms. The van der Waals surface area contributed by atoms with E-state index >= 15 is 0 Å². The maximum absolute atomic E-state index is 4.64. The summed E-state index contributed by atoms with van der Waals surface area (Å²) in [4.78, 5) is 0. The molecule has 0 aliphatic heterocycles. The number of benzene rings is 3. The summed E-state index contributed by atoms with van der Waals surface area (Å²) in [6, 6.07) is 24.8. The maximum Gasteiger partial charge on any atom is 0.0740 e. The minimum Gasteiger partial charge on any atom is -0.257 e. The number of nitrogens with zero attached hydrogens (tertiary/aromatic N) is 2. The Kier molecular flexibility index (Phi) is 4.14. The molecule has 3 aromatic carbocycles. The molecule has 2 heterocycles. The third kappa shape index (κ3) is 2.32. The summed E-state index contributed by atoms with van der Waals surface area (Å²) < 4.78 is 2.04. The van der Waals surface area contributed by atoms with Crippen LogP contribution >= 0.6 is 0 Å². The van der Waals surface area contributed by atoms with E-state index in [0.717, 1.165) is 5.52 Å². The molecule has 0 saturated heterocycles. The van der Waals surface area contributed by atoms with E-state index in [1.165, 1.54) is 43.9 Å². The summed E-state index contributed by atoms with van der Waals surface area (Å²) in [5.41, 5.74) is 7.15. The molecule has 0 atom stereocenters. The van der Waals surface area contributed by atoms with E-state index in [-0.39, 0.29) is 20.1 Å². The Morgan fingerprint density at radius 3 is 2.35 bits per heavy atom. The van der Waals surface area contributed by atoms with Crippen molar-refractivity contribution in [3.63, 3.8) is 0 Å². The normalized spacial score (nSPS) is 11.2. The first-order valence-corrected chi connectivity index (χ1v) is 8.51. The molecule has 0 bridgehead atoms. The molecule has 2 nitrogen and oxygen atoms in total. The first-order valence-electron chi connectivity index (χ1n) is 8.51. The Bertz CT molecular complexity index is 1270. The average Bonchev–Trinajstić information content (AvgIpc) is 3.04. The summed E-state index contributed by atoms with van der Waals surface area (Å²) in [5, 5.41) is 8.34. The minimum atomic E-state index is 0. The first-order chi connectivity index (χ1) is 12.3. The van der Waals surface area contributed by atoms with E-state index in [1.807, 2.05) is 16.8 Å². The summed E-state index contributed by atoms with van der Waals surface area (Å²) in [5.74, 6) is 0. The van der Waals surface area contributed by atoms with E-state index in [4.69, 9.17) is 0 Å². The predicted molar refractivity (Wildman–Crippen MR) is 104 cm³/mol. The molecule has 5 rings (SSSR count). The molecule has 0 aliphatic carbocycles. The fraction of sp³-hybridized carbons (Fsp3) is 0.0870. The van der Waals surface area contributed by atoms with Gasteiger partial charge in [0.25, 0.3) is 0 Å². The van der Waals surface area contributed by atoms with Crippen molar-refractivity contribution < 1.29 is 20.1 Å². The van der Waals surface area contributed by atoms with Crippen molar-refractivity contribution in [1.82, 2.24) is 9.61 Å². The van der Waals surface area contributed by atoms with Crippen LogP contribution < -0.4 is 0 Å². The van der Waals surface area contributed by atoms with Gasteiger partial charge in [0, 0.05) is 20.1 Å². The molecule has 0 unspecified atom stereocenters. The van der Waals surface area contributed by atoms with Crippen LogP contribution in [-0.4, -0.2) is 9.61 Å². The fourth-order valence-corrected chi connectivity index (χ4v) is 3.86. The molecule has 0 spiro atoms. The van der Waals surface area contributed by atoms with Crippen LogP contribution in [0.1, 0.15) is 11.1 Å². The molecular weight excluding hydrogens is 496 g/mol. The fourth-order valence-electron chi connectivity index (χ4n) is 3.86. The van der Waals surface area contributed by atoms with Gasteiger partial charge in [0.05, 0.1) is 11.7 Å². The summed E-state index contributed by atoms with van der Waals surface area (Å²) in [7, 11) is 0. The molecule has 129 valence electrons. The molecule has 1 radical (unpaired) electrons. The molecule has 0 aliphatic rings. The van der Waals surface area contributed by atoms with Gasteiger partial charge in [0.2, 0.25) is 0 Å². The van der Waals surface area contributed by atoms with Crippen LogP contribution in [0.4, 0.5) is 0 Å². The minimum absolute atomic E-state index is 0. The molecule has 0 saturated carbocycles. The van der Waals surface area contributed by atoms with Crippen molar-refractivity contribution in [2.24, 2.45) is 0 Å². The number of pyridine rings is 1. The van der Waals surface area contributed by atoms with Crippen LogP contribution in [0.2, 0.25) is 0 Å². The molecule has 0 N–H and O–H groups in total. The van der Waals surface area contributed by atoms with Gasteiger partial charge in [0.1, 0.15) is 0 Å². The zero-order valence-corrected chi connectivity index (χ0v) is 17.0. The van der Waals surface area contributed by atoms with Gasteiger partial charge >= 0.3 is 0 Å². The Morgan fingerprint density at radius 1 is 0.808 bits per heavy atom. The standard InChI is InChI=1S/C23H17N2.Ir/c1-15-8-3-4-9-17(15)18-12-7-13-21-22(18)19-10-5-6-11-20(19)23-16(2)14-24-25(21)23;/h3-12,14H,1-2H3;/q-1;. The van der Waals surface area contributed by atoms with Crippen LogP contribution in [0.25, 0.3) is 38.3 Å². The van der Waals surface area contributed by atoms with Gasteiger partial charge < -0.3 is 0 Å². The first kappa shape index (κ1) is 17.0. The Balaban J connectivity index is 0.00000168. The smallest absolute Gasteiger partial charge is 0.0740 e. The largest absolute Gasteiger partial charge is 0.257 e. The van der Waals surface area contributed by atoms with Gasteiger partial charge in [-0.1, -0.05) is 59.3 Å². The molecule has 3 heteroatoms. The van der Waals surface area contributed by atoms with Gasteiger partial charge in [-0.15, -0.1) is 5.56 Å². The van der Waals surface area contributed by atoms with Gasteiger partial charge in [-0.3, -0.25) is 4.52 Å². The van der Waals surface area contributed by atoms with Crippen LogP contribution in [0.5, 0.6) is 0 Å². The van der Waals surface area contributed by atoms with Gasteiger partial charge in [-0.25, -0.2) is 0 Å². The van der Waals surface area contributed by atoms with Gasteiger partial charge in [-0.05, 0) is 41.4 Å².